The van der Waals surface area contributed by atoms with E-state index in [2.05, 4.69) is 55.1 Å². The molecule has 0 aromatic heterocycles. The van der Waals surface area contributed by atoms with Crippen molar-refractivity contribution in [2.45, 2.75) is 26.4 Å². The van der Waals surface area contributed by atoms with Crippen molar-refractivity contribution in [3.05, 3.63) is 65.7 Å². The quantitative estimate of drug-likeness (QED) is 0.888. The fourth-order valence-corrected chi connectivity index (χ4v) is 3.77. The molecule has 0 spiro atoms. The van der Waals surface area contributed by atoms with Crippen molar-refractivity contribution in [1.82, 2.24) is 4.90 Å². The predicted molar refractivity (Wildman–Crippen MR) is 106 cm³/mol. The summed E-state index contributed by atoms with van der Waals surface area (Å²) in [6.07, 6.45) is 0. The predicted octanol–water partition coefficient (Wildman–Crippen LogP) is 1.75. The maximum atomic E-state index is 12.6. The highest BCUT2D eigenvalue weighted by atomic mass is 16.2. The molecule has 138 valence electrons. The second-order valence-electron chi connectivity index (χ2n) is 7.50. The van der Waals surface area contributed by atoms with Crippen LogP contribution in [0.4, 0.5) is 5.69 Å². The molecule has 1 heterocycles. The van der Waals surface area contributed by atoms with Crippen molar-refractivity contribution in [3.63, 3.8) is 0 Å². The van der Waals surface area contributed by atoms with Crippen LogP contribution in [0.2, 0.25) is 0 Å². The lowest BCUT2D eigenvalue weighted by molar-refractivity contribution is -0.895. The molecule has 1 amide bonds. The molecule has 2 atom stereocenters. The fraction of sp³-hybridized carbons (Fsp3) is 0.409. The summed E-state index contributed by atoms with van der Waals surface area (Å²) in [5.41, 5.74) is 3.77. The Balaban J connectivity index is 1.53. The normalized spacial score (nSPS) is 20.0. The van der Waals surface area contributed by atoms with Gasteiger partial charge in [0.05, 0.1) is 25.7 Å². The van der Waals surface area contributed by atoms with Gasteiger partial charge in [-0.2, -0.15) is 0 Å². The molecule has 4 heteroatoms. The van der Waals surface area contributed by atoms with Crippen LogP contribution in [0.5, 0.6) is 0 Å². The number of benzene rings is 2. The fourth-order valence-electron chi connectivity index (χ4n) is 3.77. The number of nitrogens with one attached hydrogen (secondary N) is 1. The Hall–Kier alpha value is -2.33. The average Bonchev–Trinajstić information content (AvgIpc) is 2.62. The molecule has 1 unspecified atom stereocenters. The van der Waals surface area contributed by atoms with Crippen LogP contribution >= 0.6 is 0 Å². The number of likely N-dealkylation sites (N-methyl/N-ethyl adjacent to an activating group) is 1. The van der Waals surface area contributed by atoms with Crippen molar-refractivity contribution >= 4 is 11.6 Å². The highest BCUT2D eigenvalue weighted by Gasteiger charge is 2.29. The van der Waals surface area contributed by atoms with Crippen molar-refractivity contribution in [1.29, 1.82) is 0 Å². The number of piperazine rings is 1. The minimum atomic E-state index is 0.222. The summed E-state index contributed by atoms with van der Waals surface area (Å²) in [4.78, 5) is 18.3. The van der Waals surface area contributed by atoms with Crippen LogP contribution in [0.25, 0.3) is 0 Å². The zero-order valence-electron chi connectivity index (χ0n) is 16.1. The van der Waals surface area contributed by atoms with E-state index >= 15 is 0 Å². The number of hydrogen-bond donors (Lipinski definition) is 1. The van der Waals surface area contributed by atoms with Crippen molar-refractivity contribution in [3.8, 4) is 0 Å². The molecule has 1 N–H and O–H groups in total. The SMILES string of the molecule is Cc1cccc(N2CC[NH+](CC(=O)N(C)Cc3ccccc3)C[C@@H]2C)c1. The minimum Gasteiger partial charge on any atom is -0.358 e. The molecule has 0 bridgehead atoms. The molecule has 2 aromatic rings. The van der Waals surface area contributed by atoms with E-state index in [1.165, 1.54) is 21.7 Å². The third-order valence-electron chi connectivity index (χ3n) is 5.25. The summed E-state index contributed by atoms with van der Waals surface area (Å²) >= 11 is 0. The summed E-state index contributed by atoms with van der Waals surface area (Å²) < 4.78 is 0. The molecule has 4 nitrogen and oxygen atoms in total. The topological polar surface area (TPSA) is 28.0 Å². The first kappa shape index (κ1) is 18.5. The van der Waals surface area contributed by atoms with Gasteiger partial charge in [0.2, 0.25) is 0 Å². The van der Waals surface area contributed by atoms with E-state index < -0.39 is 0 Å². The molecule has 1 aliphatic rings. The van der Waals surface area contributed by atoms with Crippen LogP contribution in [-0.2, 0) is 11.3 Å². The molecule has 0 aliphatic carbocycles. The zero-order chi connectivity index (χ0) is 18.5. The Bertz CT molecular complexity index is 731. The molecular weight excluding hydrogens is 322 g/mol. The van der Waals surface area contributed by atoms with Crippen LogP contribution in [0.1, 0.15) is 18.1 Å². The lowest BCUT2D eigenvalue weighted by Crippen LogP contribution is -3.16. The van der Waals surface area contributed by atoms with E-state index in [0.717, 1.165) is 19.6 Å². The summed E-state index contributed by atoms with van der Waals surface area (Å²) in [6.45, 7) is 8.65. The number of aryl methyl sites for hydroxylation is 1. The van der Waals surface area contributed by atoms with Gasteiger partial charge in [0, 0.05) is 19.3 Å². The van der Waals surface area contributed by atoms with Gasteiger partial charge >= 0.3 is 0 Å². The molecule has 0 radical (unpaired) electrons. The van der Waals surface area contributed by atoms with Gasteiger partial charge in [0.15, 0.2) is 6.54 Å². The number of rotatable bonds is 5. The Morgan fingerprint density at radius 2 is 1.96 bits per heavy atom. The Morgan fingerprint density at radius 1 is 1.19 bits per heavy atom. The summed E-state index contributed by atoms with van der Waals surface area (Å²) in [6, 6.07) is 19.3. The Labute approximate surface area is 157 Å². The number of nitrogens with zero attached hydrogens (tertiary/aromatic N) is 2. The van der Waals surface area contributed by atoms with Gasteiger partial charge in [-0.1, -0.05) is 42.5 Å². The molecule has 0 saturated carbocycles. The standard InChI is InChI=1S/C22H29N3O/c1-18-8-7-11-21(14-18)25-13-12-24(15-19(25)2)17-22(26)23(3)16-20-9-5-4-6-10-20/h4-11,14,19H,12-13,15-17H2,1-3H3/p+1/t19-/m0/s1. The van der Waals surface area contributed by atoms with Gasteiger partial charge in [-0.15, -0.1) is 0 Å². The third kappa shape index (κ3) is 4.64. The first-order valence-corrected chi connectivity index (χ1v) is 9.47. The number of amides is 1. The van der Waals surface area contributed by atoms with Gasteiger partial charge in [-0.25, -0.2) is 0 Å². The van der Waals surface area contributed by atoms with Gasteiger partial charge in [-0.05, 0) is 37.1 Å². The Kier molecular flexibility index (Phi) is 5.94. The number of carbonyl (C=O) groups excluding carboxylic acids is 1. The average molecular weight is 353 g/mol. The van der Waals surface area contributed by atoms with E-state index in [9.17, 15) is 4.79 Å². The van der Waals surface area contributed by atoms with E-state index in [0.29, 0.717) is 19.1 Å². The van der Waals surface area contributed by atoms with Crippen LogP contribution in [0, 0.1) is 6.92 Å². The van der Waals surface area contributed by atoms with E-state index in [1.807, 2.05) is 30.1 Å². The number of quaternary nitrogens is 1. The number of anilines is 1. The highest BCUT2D eigenvalue weighted by Crippen LogP contribution is 2.18. The molecule has 3 rings (SSSR count). The van der Waals surface area contributed by atoms with E-state index in [4.69, 9.17) is 0 Å². The third-order valence-corrected chi connectivity index (χ3v) is 5.25. The monoisotopic (exact) mass is 352 g/mol. The van der Waals surface area contributed by atoms with Gasteiger partial charge in [-0.3, -0.25) is 4.79 Å². The van der Waals surface area contributed by atoms with Gasteiger partial charge < -0.3 is 14.7 Å². The van der Waals surface area contributed by atoms with E-state index in [-0.39, 0.29) is 5.91 Å². The van der Waals surface area contributed by atoms with E-state index in [1.54, 1.807) is 0 Å². The minimum absolute atomic E-state index is 0.222. The zero-order valence-corrected chi connectivity index (χ0v) is 16.1. The lowest BCUT2D eigenvalue weighted by Gasteiger charge is -2.39. The van der Waals surface area contributed by atoms with Gasteiger partial charge in [0.1, 0.15) is 0 Å². The second kappa shape index (κ2) is 8.37. The molecule has 1 aliphatic heterocycles. The van der Waals surface area contributed by atoms with Crippen LogP contribution in [0.15, 0.2) is 54.6 Å². The molecule has 26 heavy (non-hydrogen) atoms. The molecule has 2 aromatic carbocycles. The Morgan fingerprint density at radius 3 is 2.65 bits per heavy atom. The summed E-state index contributed by atoms with van der Waals surface area (Å²) in [5.74, 6) is 0.222. The molecule has 1 saturated heterocycles. The number of carbonyl (C=O) groups is 1. The smallest absolute Gasteiger partial charge is 0.277 e. The summed E-state index contributed by atoms with van der Waals surface area (Å²) in [5, 5.41) is 0. The van der Waals surface area contributed by atoms with Crippen molar-refractivity contribution in [2.24, 2.45) is 0 Å². The van der Waals surface area contributed by atoms with Crippen LogP contribution < -0.4 is 9.80 Å². The largest absolute Gasteiger partial charge is 0.358 e. The first-order valence-electron chi connectivity index (χ1n) is 9.47. The van der Waals surface area contributed by atoms with Crippen molar-refractivity contribution in [2.75, 3.05) is 38.1 Å². The molecular formula is C22H30N3O+. The maximum absolute atomic E-state index is 12.6. The maximum Gasteiger partial charge on any atom is 0.277 e. The highest BCUT2D eigenvalue weighted by molar-refractivity contribution is 5.76. The summed E-state index contributed by atoms with van der Waals surface area (Å²) in [7, 11) is 1.90. The number of hydrogen-bond acceptors (Lipinski definition) is 2. The first-order chi connectivity index (χ1) is 12.5. The second-order valence-corrected chi connectivity index (χ2v) is 7.50. The molecule has 1 fully saturated rings. The van der Waals surface area contributed by atoms with Crippen molar-refractivity contribution < 1.29 is 9.69 Å². The lowest BCUT2D eigenvalue weighted by atomic mass is 10.1. The van der Waals surface area contributed by atoms with Crippen LogP contribution in [-0.4, -0.2) is 50.1 Å². The van der Waals surface area contributed by atoms with Gasteiger partial charge in [0.25, 0.3) is 5.91 Å². The van der Waals surface area contributed by atoms with Crippen LogP contribution in [0.3, 0.4) is 0 Å².